The van der Waals surface area contributed by atoms with Crippen LogP contribution in [0, 0.1) is 5.92 Å². The number of carbonyl (C=O) groups excluding carboxylic acids is 1. The zero-order valence-electron chi connectivity index (χ0n) is 10.4. The quantitative estimate of drug-likeness (QED) is 0.575. The summed E-state index contributed by atoms with van der Waals surface area (Å²) in [6.07, 6.45) is 4.82. The second-order valence-electron chi connectivity index (χ2n) is 4.47. The van der Waals surface area contributed by atoms with Crippen LogP contribution in [0.15, 0.2) is 0 Å². The molecule has 0 saturated heterocycles. The Morgan fingerprint density at radius 3 is 2.65 bits per heavy atom. The largest absolute Gasteiger partial charge is 0.382 e. The van der Waals surface area contributed by atoms with Gasteiger partial charge in [0.2, 0.25) is 5.91 Å². The molecular weight excluding hydrogens is 286 g/mol. The van der Waals surface area contributed by atoms with Crippen LogP contribution in [0.5, 0.6) is 0 Å². The van der Waals surface area contributed by atoms with Gasteiger partial charge in [-0.3, -0.25) is 4.79 Å². The van der Waals surface area contributed by atoms with Crippen molar-refractivity contribution in [1.82, 2.24) is 5.32 Å². The molecule has 0 atom stereocenters. The summed E-state index contributed by atoms with van der Waals surface area (Å²) in [5.74, 6) is 0.605. The van der Waals surface area contributed by atoms with Crippen LogP contribution in [-0.4, -0.2) is 44.2 Å². The first-order valence-electron chi connectivity index (χ1n) is 6.19. The number of nitrogens with one attached hydrogen (secondary N) is 1. The molecule has 4 nitrogen and oxygen atoms in total. The minimum absolute atomic E-state index is 0.0259. The Labute approximate surface area is 112 Å². The van der Waals surface area contributed by atoms with Gasteiger partial charge >= 0.3 is 0 Å². The third-order valence-corrected chi connectivity index (χ3v) is 3.94. The van der Waals surface area contributed by atoms with E-state index in [1.165, 1.54) is 25.7 Å². The Hall–Kier alpha value is -0.130. The first-order valence-corrected chi connectivity index (χ1v) is 7.11. The van der Waals surface area contributed by atoms with Gasteiger partial charge in [0, 0.05) is 18.5 Å². The predicted molar refractivity (Wildman–Crippen MR) is 70.4 cm³/mol. The fraction of sp³-hybridized carbons (Fsp3) is 0.917. The van der Waals surface area contributed by atoms with Crippen LogP contribution in [0.4, 0.5) is 0 Å². The van der Waals surface area contributed by atoms with E-state index >= 15 is 0 Å². The van der Waals surface area contributed by atoms with Crippen molar-refractivity contribution in [2.24, 2.45) is 5.92 Å². The van der Waals surface area contributed by atoms with Crippen LogP contribution in [0.1, 0.15) is 25.7 Å². The van der Waals surface area contributed by atoms with Crippen molar-refractivity contribution in [3.8, 4) is 0 Å². The summed E-state index contributed by atoms with van der Waals surface area (Å²) in [5.41, 5.74) is 0. The molecule has 0 radical (unpaired) electrons. The highest BCUT2D eigenvalue weighted by Gasteiger charge is 2.19. The van der Waals surface area contributed by atoms with Gasteiger partial charge in [0.25, 0.3) is 0 Å². The molecule has 100 valence electrons. The van der Waals surface area contributed by atoms with Gasteiger partial charge in [-0.25, -0.2) is 0 Å². The Morgan fingerprint density at radius 1 is 1.29 bits per heavy atom. The lowest BCUT2D eigenvalue weighted by Gasteiger charge is -2.25. The van der Waals surface area contributed by atoms with Crippen LogP contribution in [0.2, 0.25) is 0 Å². The highest BCUT2D eigenvalue weighted by atomic mass is 79.9. The molecule has 5 heteroatoms. The number of amides is 1. The molecule has 0 aromatic heterocycles. The minimum atomic E-state index is -0.0259. The number of rotatable bonds is 7. The molecule has 1 fully saturated rings. The fourth-order valence-electron chi connectivity index (χ4n) is 1.94. The molecule has 0 aromatic carbocycles. The zero-order valence-corrected chi connectivity index (χ0v) is 12.0. The Bertz CT molecular complexity index is 218. The number of hydrogen-bond acceptors (Lipinski definition) is 3. The molecule has 1 N–H and O–H groups in total. The van der Waals surface area contributed by atoms with Crippen LogP contribution < -0.4 is 5.32 Å². The summed E-state index contributed by atoms with van der Waals surface area (Å²) < 4.78 is 9.98. The van der Waals surface area contributed by atoms with Gasteiger partial charge in [-0.2, -0.15) is 0 Å². The number of alkyl halides is 1. The second-order valence-corrected chi connectivity index (χ2v) is 5.76. The van der Waals surface area contributed by atoms with Crippen molar-refractivity contribution in [2.45, 2.75) is 30.5 Å². The summed E-state index contributed by atoms with van der Waals surface area (Å²) in [6.45, 7) is 1.92. The van der Waals surface area contributed by atoms with Crippen molar-refractivity contribution in [3.05, 3.63) is 0 Å². The van der Waals surface area contributed by atoms with Crippen molar-refractivity contribution in [3.63, 3.8) is 0 Å². The highest BCUT2D eigenvalue weighted by Crippen LogP contribution is 2.27. The Kier molecular flexibility index (Phi) is 7.81. The van der Waals surface area contributed by atoms with E-state index in [1.54, 1.807) is 7.11 Å². The van der Waals surface area contributed by atoms with Gasteiger partial charge in [-0.15, -0.1) is 0 Å². The molecule has 1 saturated carbocycles. The van der Waals surface area contributed by atoms with Crippen molar-refractivity contribution < 1.29 is 14.3 Å². The SMILES string of the molecule is COCCOCC(=O)NCC1CCC(Br)CC1. The summed E-state index contributed by atoms with van der Waals surface area (Å²) in [7, 11) is 1.61. The third-order valence-electron chi connectivity index (χ3n) is 3.03. The molecule has 0 unspecified atom stereocenters. The summed E-state index contributed by atoms with van der Waals surface area (Å²) in [6, 6.07) is 0. The normalized spacial score (nSPS) is 24.6. The summed E-state index contributed by atoms with van der Waals surface area (Å²) in [4.78, 5) is 12.1. The minimum Gasteiger partial charge on any atom is -0.382 e. The van der Waals surface area contributed by atoms with Gasteiger partial charge in [-0.05, 0) is 31.6 Å². The molecule has 0 aromatic rings. The number of carbonyl (C=O) groups is 1. The van der Waals surface area contributed by atoms with E-state index < -0.39 is 0 Å². The number of methoxy groups -OCH3 is 1. The van der Waals surface area contributed by atoms with Crippen molar-refractivity contribution in [2.75, 3.05) is 33.5 Å². The second kappa shape index (κ2) is 8.89. The maximum atomic E-state index is 11.4. The van der Waals surface area contributed by atoms with E-state index in [1.807, 2.05) is 0 Å². The summed E-state index contributed by atoms with van der Waals surface area (Å²) in [5, 5.41) is 2.92. The third kappa shape index (κ3) is 7.01. The fourth-order valence-corrected chi connectivity index (χ4v) is 2.47. The van der Waals surface area contributed by atoms with E-state index in [2.05, 4.69) is 21.2 Å². The van der Waals surface area contributed by atoms with Crippen LogP contribution in [0.25, 0.3) is 0 Å². The average molecular weight is 308 g/mol. The molecule has 1 aliphatic rings. The predicted octanol–water partition coefficient (Wildman–Crippen LogP) is 1.72. The average Bonchev–Trinajstić information content (AvgIpc) is 2.34. The molecule has 17 heavy (non-hydrogen) atoms. The molecule has 0 aliphatic heterocycles. The van der Waals surface area contributed by atoms with Crippen molar-refractivity contribution >= 4 is 21.8 Å². The monoisotopic (exact) mass is 307 g/mol. The lowest BCUT2D eigenvalue weighted by Crippen LogP contribution is -2.34. The van der Waals surface area contributed by atoms with Gasteiger partial charge in [0.1, 0.15) is 6.61 Å². The molecule has 0 heterocycles. The van der Waals surface area contributed by atoms with E-state index in [-0.39, 0.29) is 12.5 Å². The van der Waals surface area contributed by atoms with Crippen LogP contribution in [0.3, 0.4) is 0 Å². The smallest absolute Gasteiger partial charge is 0.246 e. The number of ether oxygens (including phenoxy) is 2. The maximum absolute atomic E-state index is 11.4. The standard InChI is InChI=1S/C12H22BrNO3/c1-16-6-7-17-9-12(15)14-8-10-2-4-11(13)5-3-10/h10-11H,2-9H2,1H3,(H,14,15). The summed E-state index contributed by atoms with van der Waals surface area (Å²) >= 11 is 3.63. The van der Waals surface area contributed by atoms with Crippen LogP contribution in [-0.2, 0) is 14.3 Å². The van der Waals surface area contributed by atoms with E-state index in [0.717, 1.165) is 6.54 Å². The molecular formula is C12H22BrNO3. The van der Waals surface area contributed by atoms with Crippen LogP contribution >= 0.6 is 15.9 Å². The first kappa shape index (κ1) is 14.9. The van der Waals surface area contributed by atoms with Gasteiger partial charge < -0.3 is 14.8 Å². The zero-order chi connectivity index (χ0) is 12.5. The van der Waals surface area contributed by atoms with E-state index in [4.69, 9.17) is 9.47 Å². The number of halogens is 1. The molecule has 1 amide bonds. The van der Waals surface area contributed by atoms with E-state index in [0.29, 0.717) is 24.0 Å². The number of hydrogen-bond donors (Lipinski definition) is 1. The lowest BCUT2D eigenvalue weighted by molar-refractivity contribution is -0.126. The first-order chi connectivity index (χ1) is 8.22. The molecule has 1 aliphatic carbocycles. The van der Waals surface area contributed by atoms with Gasteiger partial charge in [0.15, 0.2) is 0 Å². The maximum Gasteiger partial charge on any atom is 0.246 e. The molecule has 0 bridgehead atoms. The van der Waals surface area contributed by atoms with E-state index in [9.17, 15) is 4.79 Å². The van der Waals surface area contributed by atoms with Crippen molar-refractivity contribution in [1.29, 1.82) is 0 Å². The Morgan fingerprint density at radius 2 is 2.00 bits per heavy atom. The molecule has 1 rings (SSSR count). The molecule has 0 spiro atoms. The Balaban J connectivity index is 1.99. The van der Waals surface area contributed by atoms with Gasteiger partial charge in [-0.1, -0.05) is 15.9 Å². The lowest BCUT2D eigenvalue weighted by atomic mass is 9.89. The van der Waals surface area contributed by atoms with Gasteiger partial charge in [0.05, 0.1) is 13.2 Å². The topological polar surface area (TPSA) is 47.6 Å². The highest BCUT2D eigenvalue weighted by molar-refractivity contribution is 9.09.